The number of allylic oxidation sites excluding steroid dienone is 1. The lowest BCUT2D eigenvalue weighted by Gasteiger charge is -2.21. The second-order valence-corrected chi connectivity index (χ2v) is 3.51. The monoisotopic (exact) mass is 159 g/mol. The average molecular weight is 160 g/mol. The van der Waals surface area contributed by atoms with Crippen molar-refractivity contribution < 1.29 is 0 Å². The Hall–Kier alpha value is -0.0100. The first-order valence-electron chi connectivity index (χ1n) is 3.82. The lowest BCUT2D eigenvalue weighted by atomic mass is 9.91. The largest absolute Gasteiger partial charge is 0.327 e. The number of nitrogens with two attached hydrogens (primary N) is 1. The van der Waals surface area contributed by atoms with Gasteiger partial charge in [0.05, 0.1) is 0 Å². The van der Waals surface area contributed by atoms with E-state index in [1.165, 1.54) is 12.8 Å². The summed E-state index contributed by atoms with van der Waals surface area (Å²) >= 11 is 5.86. The van der Waals surface area contributed by atoms with Gasteiger partial charge in [-0.05, 0) is 32.1 Å². The predicted octanol–water partition coefficient (Wildman–Crippen LogP) is 2.26. The molecule has 0 spiro atoms. The van der Waals surface area contributed by atoms with Gasteiger partial charge in [-0.15, -0.1) is 0 Å². The maximum atomic E-state index is 5.86. The Labute approximate surface area is 67.2 Å². The van der Waals surface area contributed by atoms with Crippen LogP contribution in [0.15, 0.2) is 11.1 Å². The highest BCUT2D eigenvalue weighted by Gasteiger charge is 2.15. The highest BCUT2D eigenvalue weighted by Crippen LogP contribution is 2.26. The van der Waals surface area contributed by atoms with Crippen LogP contribution in [0.3, 0.4) is 0 Å². The van der Waals surface area contributed by atoms with Gasteiger partial charge in [-0.3, -0.25) is 0 Å². The van der Waals surface area contributed by atoms with E-state index in [1.54, 1.807) is 0 Å². The van der Waals surface area contributed by atoms with Crippen molar-refractivity contribution in [2.24, 2.45) is 11.7 Å². The number of halogens is 1. The minimum absolute atomic E-state index is 0.258. The summed E-state index contributed by atoms with van der Waals surface area (Å²) in [5, 5.41) is 0.994. The number of hydrogen-bond acceptors (Lipinski definition) is 1. The molecule has 0 fully saturated rings. The molecule has 0 radical (unpaired) electrons. The molecule has 58 valence electrons. The third-order valence-electron chi connectivity index (χ3n) is 2.02. The average Bonchev–Trinajstić information content (AvgIpc) is 1.88. The summed E-state index contributed by atoms with van der Waals surface area (Å²) in [6, 6.07) is 0.258. The van der Waals surface area contributed by atoms with Crippen molar-refractivity contribution in [3.05, 3.63) is 11.1 Å². The topological polar surface area (TPSA) is 26.0 Å². The summed E-state index contributed by atoms with van der Waals surface area (Å²) in [5.74, 6) is 0.515. The maximum absolute atomic E-state index is 5.86. The number of rotatable bonds is 1. The minimum Gasteiger partial charge on any atom is -0.327 e. The van der Waals surface area contributed by atoms with Crippen molar-refractivity contribution in [1.29, 1.82) is 0 Å². The van der Waals surface area contributed by atoms with Gasteiger partial charge < -0.3 is 5.73 Å². The molecule has 0 aromatic heterocycles. The summed E-state index contributed by atoms with van der Waals surface area (Å²) in [6.45, 7) is 2.04. The fraction of sp³-hybridized carbons (Fsp3) is 0.750. The Bertz CT molecular complexity index is 140. The predicted molar refractivity (Wildman–Crippen MR) is 44.9 cm³/mol. The summed E-state index contributed by atoms with van der Waals surface area (Å²) in [6.07, 6.45) is 5.55. The van der Waals surface area contributed by atoms with Crippen LogP contribution in [0.2, 0.25) is 0 Å². The molecule has 0 aromatic carbocycles. The normalized spacial score (nSPS) is 29.5. The Morgan fingerprint density at radius 3 is 2.90 bits per heavy atom. The van der Waals surface area contributed by atoms with Crippen molar-refractivity contribution in [3.8, 4) is 0 Å². The molecule has 0 bridgehead atoms. The molecule has 0 aliphatic heterocycles. The molecule has 2 N–H and O–H groups in total. The van der Waals surface area contributed by atoms with E-state index in [4.69, 9.17) is 17.3 Å². The molecule has 1 aliphatic rings. The van der Waals surface area contributed by atoms with Gasteiger partial charge in [0.15, 0.2) is 0 Å². The minimum atomic E-state index is 0.258. The third kappa shape index (κ3) is 1.99. The van der Waals surface area contributed by atoms with E-state index in [1.807, 2.05) is 6.92 Å². The van der Waals surface area contributed by atoms with Crippen molar-refractivity contribution in [2.45, 2.75) is 32.2 Å². The molecule has 0 saturated heterocycles. The number of hydrogen-bond donors (Lipinski definition) is 1. The second kappa shape index (κ2) is 3.40. The quantitative estimate of drug-likeness (QED) is 0.624. The highest BCUT2D eigenvalue weighted by molar-refractivity contribution is 6.29. The van der Waals surface area contributed by atoms with Crippen molar-refractivity contribution >= 4 is 11.6 Å². The van der Waals surface area contributed by atoms with E-state index in [0.29, 0.717) is 5.92 Å². The molecular weight excluding hydrogens is 146 g/mol. The van der Waals surface area contributed by atoms with Gasteiger partial charge >= 0.3 is 0 Å². The molecule has 1 rings (SSSR count). The van der Waals surface area contributed by atoms with E-state index < -0.39 is 0 Å². The van der Waals surface area contributed by atoms with Crippen LogP contribution < -0.4 is 5.73 Å². The first-order chi connectivity index (χ1) is 4.70. The van der Waals surface area contributed by atoms with Gasteiger partial charge in [-0.2, -0.15) is 0 Å². The van der Waals surface area contributed by atoms with Crippen LogP contribution in [0.5, 0.6) is 0 Å². The van der Waals surface area contributed by atoms with Crippen LogP contribution in [-0.2, 0) is 0 Å². The van der Waals surface area contributed by atoms with Crippen LogP contribution in [0.25, 0.3) is 0 Å². The van der Waals surface area contributed by atoms with Crippen LogP contribution in [0.1, 0.15) is 26.2 Å². The molecular formula is C8H14ClN. The van der Waals surface area contributed by atoms with Gasteiger partial charge in [0.2, 0.25) is 0 Å². The van der Waals surface area contributed by atoms with Gasteiger partial charge in [-0.25, -0.2) is 0 Å². The molecule has 0 amide bonds. The van der Waals surface area contributed by atoms with Crippen molar-refractivity contribution in [1.82, 2.24) is 0 Å². The zero-order valence-electron chi connectivity index (χ0n) is 6.31. The fourth-order valence-corrected chi connectivity index (χ4v) is 1.62. The molecule has 2 atom stereocenters. The molecule has 1 nitrogen and oxygen atoms in total. The Morgan fingerprint density at radius 1 is 1.80 bits per heavy atom. The Morgan fingerprint density at radius 2 is 2.50 bits per heavy atom. The van der Waals surface area contributed by atoms with E-state index in [-0.39, 0.29) is 6.04 Å². The zero-order valence-corrected chi connectivity index (χ0v) is 7.06. The highest BCUT2D eigenvalue weighted by atomic mass is 35.5. The standard InChI is InChI=1S/C8H14ClN/c1-6(10)7-3-2-4-8(9)5-7/h5-7H,2-4,10H2,1H3/t6-,7?/m1/s1. The molecule has 0 saturated carbocycles. The van der Waals surface area contributed by atoms with Crippen LogP contribution in [0, 0.1) is 5.92 Å². The van der Waals surface area contributed by atoms with E-state index in [0.717, 1.165) is 11.5 Å². The van der Waals surface area contributed by atoms with E-state index in [9.17, 15) is 0 Å². The third-order valence-corrected chi connectivity index (χ3v) is 2.34. The first-order valence-corrected chi connectivity index (χ1v) is 4.19. The first kappa shape index (κ1) is 8.09. The summed E-state index contributed by atoms with van der Waals surface area (Å²) in [5.41, 5.74) is 5.73. The van der Waals surface area contributed by atoms with E-state index >= 15 is 0 Å². The van der Waals surface area contributed by atoms with Crippen molar-refractivity contribution in [2.75, 3.05) is 0 Å². The van der Waals surface area contributed by atoms with Gasteiger partial charge in [0.25, 0.3) is 0 Å². The SMILES string of the molecule is C[C@@H](N)C1C=C(Cl)CCC1. The molecule has 1 unspecified atom stereocenters. The Balaban J connectivity index is 2.53. The molecule has 0 heterocycles. The fourth-order valence-electron chi connectivity index (χ4n) is 1.32. The van der Waals surface area contributed by atoms with E-state index in [2.05, 4.69) is 6.08 Å². The molecule has 1 aliphatic carbocycles. The summed E-state index contributed by atoms with van der Waals surface area (Å²) < 4.78 is 0. The lowest BCUT2D eigenvalue weighted by molar-refractivity contribution is 0.464. The second-order valence-electron chi connectivity index (χ2n) is 3.03. The van der Waals surface area contributed by atoms with Crippen LogP contribution >= 0.6 is 11.6 Å². The van der Waals surface area contributed by atoms with Crippen LogP contribution in [0.4, 0.5) is 0 Å². The zero-order chi connectivity index (χ0) is 7.56. The lowest BCUT2D eigenvalue weighted by Crippen LogP contribution is -2.26. The molecule has 2 heteroatoms. The Kier molecular flexibility index (Phi) is 2.75. The summed E-state index contributed by atoms with van der Waals surface area (Å²) in [7, 11) is 0. The van der Waals surface area contributed by atoms with Gasteiger partial charge in [0, 0.05) is 11.1 Å². The van der Waals surface area contributed by atoms with Crippen molar-refractivity contribution in [3.63, 3.8) is 0 Å². The molecule has 10 heavy (non-hydrogen) atoms. The maximum Gasteiger partial charge on any atom is 0.0144 e. The molecule has 0 aromatic rings. The van der Waals surface area contributed by atoms with Gasteiger partial charge in [-0.1, -0.05) is 17.7 Å². The van der Waals surface area contributed by atoms with Gasteiger partial charge in [0.1, 0.15) is 0 Å². The van der Waals surface area contributed by atoms with Crippen LogP contribution in [-0.4, -0.2) is 6.04 Å². The summed E-state index contributed by atoms with van der Waals surface area (Å²) in [4.78, 5) is 0. The smallest absolute Gasteiger partial charge is 0.0144 e.